The Balaban J connectivity index is 1.44. The van der Waals surface area contributed by atoms with Crippen LogP contribution in [0.2, 0.25) is 0 Å². The molecular formula is C28H30N2O3. The van der Waals surface area contributed by atoms with Crippen molar-refractivity contribution in [2.75, 3.05) is 20.8 Å². The molecule has 1 amide bonds. The van der Waals surface area contributed by atoms with Crippen LogP contribution in [0.25, 0.3) is 10.9 Å². The smallest absolute Gasteiger partial charge is 0.224 e. The van der Waals surface area contributed by atoms with Gasteiger partial charge < -0.3 is 19.4 Å². The SMILES string of the molecule is COc1cc(Cn2cc(CC(=O)NCCCc3ccccc3)c3ccccc32)cc(OC)c1. The molecule has 5 heteroatoms. The van der Waals surface area contributed by atoms with E-state index in [9.17, 15) is 4.79 Å². The molecule has 33 heavy (non-hydrogen) atoms. The minimum absolute atomic E-state index is 0.0500. The minimum Gasteiger partial charge on any atom is -0.497 e. The van der Waals surface area contributed by atoms with E-state index < -0.39 is 0 Å². The summed E-state index contributed by atoms with van der Waals surface area (Å²) in [6, 6.07) is 24.5. The highest BCUT2D eigenvalue weighted by Gasteiger charge is 2.13. The summed E-state index contributed by atoms with van der Waals surface area (Å²) < 4.78 is 13.0. The summed E-state index contributed by atoms with van der Waals surface area (Å²) >= 11 is 0. The summed E-state index contributed by atoms with van der Waals surface area (Å²) in [7, 11) is 3.31. The first-order chi connectivity index (χ1) is 16.2. The summed E-state index contributed by atoms with van der Waals surface area (Å²) in [6.45, 7) is 1.34. The lowest BCUT2D eigenvalue weighted by atomic mass is 10.1. The third kappa shape index (κ3) is 5.75. The van der Waals surface area contributed by atoms with Crippen molar-refractivity contribution in [3.8, 4) is 11.5 Å². The zero-order valence-electron chi connectivity index (χ0n) is 19.2. The molecule has 170 valence electrons. The van der Waals surface area contributed by atoms with Gasteiger partial charge in [0.25, 0.3) is 0 Å². The molecule has 1 N–H and O–H groups in total. The molecule has 0 atom stereocenters. The normalized spacial score (nSPS) is 10.8. The number of fused-ring (bicyclic) bond motifs is 1. The zero-order chi connectivity index (χ0) is 23.0. The molecule has 5 nitrogen and oxygen atoms in total. The van der Waals surface area contributed by atoms with E-state index in [0.29, 0.717) is 19.5 Å². The van der Waals surface area contributed by atoms with Crippen LogP contribution in [0, 0.1) is 0 Å². The number of carbonyl (C=O) groups excluding carboxylic acids is 1. The maximum Gasteiger partial charge on any atom is 0.224 e. The number of nitrogens with one attached hydrogen (secondary N) is 1. The van der Waals surface area contributed by atoms with E-state index in [0.717, 1.165) is 46.4 Å². The second kappa shape index (κ2) is 10.7. The Labute approximate surface area is 195 Å². The van der Waals surface area contributed by atoms with E-state index in [4.69, 9.17) is 9.47 Å². The van der Waals surface area contributed by atoms with Crippen molar-refractivity contribution in [2.45, 2.75) is 25.8 Å². The van der Waals surface area contributed by atoms with E-state index >= 15 is 0 Å². The van der Waals surface area contributed by atoms with Crippen LogP contribution in [0.4, 0.5) is 0 Å². The van der Waals surface area contributed by atoms with E-state index in [1.165, 1.54) is 5.56 Å². The Morgan fingerprint density at radius 2 is 1.58 bits per heavy atom. The van der Waals surface area contributed by atoms with Crippen LogP contribution in [-0.4, -0.2) is 31.2 Å². The first-order valence-electron chi connectivity index (χ1n) is 11.3. The number of benzene rings is 3. The van der Waals surface area contributed by atoms with Crippen LogP contribution in [-0.2, 0) is 24.2 Å². The quantitative estimate of drug-likeness (QED) is 0.352. The van der Waals surface area contributed by atoms with E-state index in [1.807, 2.05) is 48.5 Å². The number of carbonyl (C=O) groups is 1. The highest BCUT2D eigenvalue weighted by atomic mass is 16.5. The van der Waals surface area contributed by atoms with Gasteiger partial charge in [-0.1, -0.05) is 48.5 Å². The molecule has 0 aliphatic carbocycles. The Morgan fingerprint density at radius 3 is 2.30 bits per heavy atom. The molecule has 3 aromatic carbocycles. The molecule has 4 aromatic rings. The minimum atomic E-state index is 0.0500. The maximum atomic E-state index is 12.6. The van der Waals surface area contributed by atoms with Gasteiger partial charge in [-0.05, 0) is 47.7 Å². The molecule has 0 bridgehead atoms. The van der Waals surface area contributed by atoms with Gasteiger partial charge in [-0.3, -0.25) is 4.79 Å². The lowest BCUT2D eigenvalue weighted by Gasteiger charge is -2.10. The van der Waals surface area contributed by atoms with Crippen molar-refractivity contribution in [3.05, 3.63) is 95.7 Å². The van der Waals surface area contributed by atoms with Gasteiger partial charge in [0.05, 0.1) is 20.6 Å². The first kappa shape index (κ1) is 22.5. The van der Waals surface area contributed by atoms with Crippen LogP contribution >= 0.6 is 0 Å². The van der Waals surface area contributed by atoms with Crippen molar-refractivity contribution in [2.24, 2.45) is 0 Å². The summed E-state index contributed by atoms with van der Waals surface area (Å²) in [4.78, 5) is 12.6. The largest absolute Gasteiger partial charge is 0.497 e. The summed E-state index contributed by atoms with van der Waals surface area (Å²) in [5.41, 5.74) is 4.50. The number of amides is 1. The second-order valence-corrected chi connectivity index (χ2v) is 8.14. The molecule has 0 aliphatic rings. The molecule has 4 rings (SSSR count). The molecule has 0 aliphatic heterocycles. The monoisotopic (exact) mass is 442 g/mol. The van der Waals surface area contributed by atoms with Crippen LogP contribution < -0.4 is 14.8 Å². The fourth-order valence-electron chi connectivity index (χ4n) is 4.15. The number of rotatable bonds is 10. The number of nitrogens with zero attached hydrogens (tertiary/aromatic N) is 1. The third-order valence-electron chi connectivity index (χ3n) is 5.79. The van der Waals surface area contributed by atoms with Crippen LogP contribution in [0.1, 0.15) is 23.1 Å². The highest BCUT2D eigenvalue weighted by Crippen LogP contribution is 2.26. The van der Waals surface area contributed by atoms with Gasteiger partial charge in [-0.25, -0.2) is 0 Å². The molecule has 0 saturated carbocycles. The van der Waals surface area contributed by atoms with Crippen molar-refractivity contribution in [1.29, 1.82) is 0 Å². The van der Waals surface area contributed by atoms with E-state index in [1.54, 1.807) is 14.2 Å². The molecule has 0 saturated heterocycles. The Kier molecular flexibility index (Phi) is 7.30. The van der Waals surface area contributed by atoms with Crippen molar-refractivity contribution in [3.63, 3.8) is 0 Å². The number of ether oxygens (including phenoxy) is 2. The van der Waals surface area contributed by atoms with E-state index in [-0.39, 0.29) is 5.91 Å². The van der Waals surface area contributed by atoms with Gasteiger partial charge in [-0.15, -0.1) is 0 Å². The number of hydrogen-bond acceptors (Lipinski definition) is 3. The second-order valence-electron chi connectivity index (χ2n) is 8.14. The number of methoxy groups -OCH3 is 2. The van der Waals surface area contributed by atoms with Crippen molar-refractivity contribution >= 4 is 16.8 Å². The lowest BCUT2D eigenvalue weighted by Crippen LogP contribution is -2.26. The molecule has 0 spiro atoms. The Morgan fingerprint density at radius 1 is 0.879 bits per heavy atom. The van der Waals surface area contributed by atoms with Crippen LogP contribution in [0.15, 0.2) is 79.0 Å². The predicted molar refractivity (Wildman–Crippen MR) is 132 cm³/mol. The fraction of sp³-hybridized carbons (Fsp3) is 0.250. The summed E-state index contributed by atoms with van der Waals surface area (Å²) in [6.07, 6.45) is 4.33. The Bertz CT molecular complexity index is 1190. The van der Waals surface area contributed by atoms with Crippen LogP contribution in [0.3, 0.4) is 0 Å². The average molecular weight is 443 g/mol. The van der Waals surface area contributed by atoms with Gasteiger partial charge in [-0.2, -0.15) is 0 Å². The Hall–Kier alpha value is -3.73. The summed E-state index contributed by atoms with van der Waals surface area (Å²) in [5.74, 6) is 1.57. The fourth-order valence-corrected chi connectivity index (χ4v) is 4.15. The number of aromatic nitrogens is 1. The predicted octanol–water partition coefficient (Wildman–Crippen LogP) is 5.00. The van der Waals surface area contributed by atoms with Gasteiger partial charge >= 0.3 is 0 Å². The standard InChI is InChI=1S/C28H30N2O3/c1-32-24-15-22(16-25(18-24)33-2)19-30-20-23(26-12-6-7-13-27(26)30)17-28(31)29-14-8-11-21-9-4-3-5-10-21/h3-7,9-10,12-13,15-16,18,20H,8,11,14,17,19H2,1-2H3,(H,29,31). The lowest BCUT2D eigenvalue weighted by molar-refractivity contribution is -0.120. The van der Waals surface area contributed by atoms with Crippen molar-refractivity contribution in [1.82, 2.24) is 9.88 Å². The van der Waals surface area contributed by atoms with Crippen LogP contribution in [0.5, 0.6) is 11.5 Å². The first-order valence-corrected chi connectivity index (χ1v) is 11.3. The highest BCUT2D eigenvalue weighted by molar-refractivity contribution is 5.89. The summed E-state index contributed by atoms with van der Waals surface area (Å²) in [5, 5.41) is 4.18. The zero-order valence-corrected chi connectivity index (χ0v) is 19.2. The van der Waals surface area contributed by atoms with E-state index in [2.05, 4.69) is 40.3 Å². The van der Waals surface area contributed by atoms with Crippen molar-refractivity contribution < 1.29 is 14.3 Å². The molecule has 1 heterocycles. The van der Waals surface area contributed by atoms with Gasteiger partial charge in [0.1, 0.15) is 11.5 Å². The maximum absolute atomic E-state index is 12.6. The molecular weight excluding hydrogens is 412 g/mol. The molecule has 0 unspecified atom stereocenters. The molecule has 0 fully saturated rings. The van der Waals surface area contributed by atoms with Gasteiger partial charge in [0, 0.05) is 36.3 Å². The molecule has 0 radical (unpaired) electrons. The third-order valence-corrected chi connectivity index (χ3v) is 5.79. The van der Waals surface area contributed by atoms with Gasteiger partial charge in [0.2, 0.25) is 5.91 Å². The average Bonchev–Trinajstić information content (AvgIpc) is 3.19. The van der Waals surface area contributed by atoms with Gasteiger partial charge in [0.15, 0.2) is 0 Å². The topological polar surface area (TPSA) is 52.5 Å². The molecule has 1 aromatic heterocycles. The number of hydrogen-bond donors (Lipinski definition) is 1. The number of para-hydroxylation sites is 1. The number of aryl methyl sites for hydroxylation is 1.